The Bertz CT molecular complexity index is 453. The van der Waals surface area contributed by atoms with Gasteiger partial charge in [-0.1, -0.05) is 19.1 Å². The summed E-state index contributed by atoms with van der Waals surface area (Å²) in [4.78, 5) is 11.8. The van der Waals surface area contributed by atoms with Gasteiger partial charge in [0, 0.05) is 6.04 Å². The molecule has 1 fully saturated rings. The predicted molar refractivity (Wildman–Crippen MR) is 75.1 cm³/mol. The molecule has 0 bridgehead atoms. The molecule has 1 heterocycles. The highest BCUT2D eigenvalue weighted by molar-refractivity contribution is 5.76. The average molecular weight is 280 g/mol. The summed E-state index contributed by atoms with van der Waals surface area (Å²) in [5.41, 5.74) is 0. The van der Waals surface area contributed by atoms with E-state index in [0.717, 1.165) is 19.5 Å². The first kappa shape index (κ1) is 14.8. The number of carbonyl (C=O) groups excluding carboxylic acids is 1. The average Bonchev–Trinajstić information content (AvgIpc) is 2.43. The van der Waals surface area contributed by atoms with Crippen LogP contribution in [0.25, 0.3) is 0 Å². The molecule has 110 valence electrons. The van der Waals surface area contributed by atoms with Crippen LogP contribution in [0, 0.1) is 11.7 Å². The van der Waals surface area contributed by atoms with Crippen molar-refractivity contribution in [2.45, 2.75) is 25.8 Å². The van der Waals surface area contributed by atoms with Gasteiger partial charge >= 0.3 is 0 Å². The predicted octanol–water partition coefficient (Wildman–Crippen LogP) is 1.71. The number of halogens is 1. The number of rotatable bonds is 5. The minimum absolute atomic E-state index is 0.0416. The summed E-state index contributed by atoms with van der Waals surface area (Å²) in [5.74, 6) is 0.177. The summed E-state index contributed by atoms with van der Waals surface area (Å²) in [6.07, 6.45) is 1.19. The van der Waals surface area contributed by atoms with E-state index >= 15 is 0 Å². The minimum atomic E-state index is -0.403. The van der Waals surface area contributed by atoms with Crippen LogP contribution in [0.4, 0.5) is 4.39 Å². The smallest absolute Gasteiger partial charge is 0.223 e. The highest BCUT2D eigenvalue weighted by Crippen LogP contribution is 2.15. The van der Waals surface area contributed by atoms with E-state index in [0.29, 0.717) is 5.92 Å². The molecule has 0 aliphatic carbocycles. The molecule has 1 aromatic rings. The van der Waals surface area contributed by atoms with Gasteiger partial charge in [0.15, 0.2) is 11.6 Å². The minimum Gasteiger partial charge on any atom is -0.490 e. The van der Waals surface area contributed by atoms with Crippen molar-refractivity contribution < 1.29 is 13.9 Å². The molecular formula is C15H21FN2O2. The second kappa shape index (κ2) is 7.24. The van der Waals surface area contributed by atoms with Crippen LogP contribution in [0.3, 0.4) is 0 Å². The van der Waals surface area contributed by atoms with Gasteiger partial charge in [-0.15, -0.1) is 0 Å². The maximum atomic E-state index is 13.3. The zero-order valence-electron chi connectivity index (χ0n) is 11.7. The zero-order valence-corrected chi connectivity index (χ0v) is 11.7. The third kappa shape index (κ3) is 4.20. The van der Waals surface area contributed by atoms with E-state index in [1.54, 1.807) is 18.2 Å². The molecule has 1 aliphatic rings. The summed E-state index contributed by atoms with van der Waals surface area (Å²) in [7, 11) is 0. The first-order chi connectivity index (χ1) is 9.66. The number of hydrogen-bond donors (Lipinski definition) is 2. The first-order valence-corrected chi connectivity index (χ1v) is 7.04. The molecular weight excluding hydrogens is 259 g/mol. The number of amides is 1. The molecule has 2 unspecified atom stereocenters. The fourth-order valence-electron chi connectivity index (χ4n) is 2.32. The van der Waals surface area contributed by atoms with Crippen LogP contribution in [-0.4, -0.2) is 31.6 Å². The van der Waals surface area contributed by atoms with E-state index in [-0.39, 0.29) is 30.7 Å². The lowest BCUT2D eigenvalue weighted by Gasteiger charge is -2.30. The Balaban J connectivity index is 1.71. The quantitative estimate of drug-likeness (QED) is 0.863. The monoisotopic (exact) mass is 280 g/mol. The molecule has 20 heavy (non-hydrogen) atoms. The summed E-state index contributed by atoms with van der Waals surface area (Å²) in [5, 5.41) is 6.31. The van der Waals surface area contributed by atoms with Crippen LogP contribution < -0.4 is 15.4 Å². The van der Waals surface area contributed by atoms with Crippen LogP contribution in [0.1, 0.15) is 19.8 Å². The van der Waals surface area contributed by atoms with Crippen molar-refractivity contribution in [3.63, 3.8) is 0 Å². The second-order valence-corrected chi connectivity index (χ2v) is 5.17. The summed E-state index contributed by atoms with van der Waals surface area (Å²) in [6.45, 7) is 4.16. The van der Waals surface area contributed by atoms with Crippen molar-refractivity contribution in [3.05, 3.63) is 30.1 Å². The molecule has 2 rings (SSSR count). The maximum absolute atomic E-state index is 13.3. The van der Waals surface area contributed by atoms with E-state index in [2.05, 4.69) is 17.6 Å². The Morgan fingerprint density at radius 3 is 3.05 bits per heavy atom. The molecule has 5 heteroatoms. The summed E-state index contributed by atoms with van der Waals surface area (Å²) >= 11 is 0. The topological polar surface area (TPSA) is 50.4 Å². The van der Waals surface area contributed by atoms with Gasteiger partial charge in [-0.25, -0.2) is 4.39 Å². The summed E-state index contributed by atoms with van der Waals surface area (Å²) < 4.78 is 18.6. The second-order valence-electron chi connectivity index (χ2n) is 5.17. The Morgan fingerprint density at radius 1 is 1.50 bits per heavy atom. The molecule has 0 saturated carbocycles. The SMILES string of the molecule is CC1CNCCC1NC(=O)CCOc1ccccc1F. The highest BCUT2D eigenvalue weighted by atomic mass is 19.1. The molecule has 2 N–H and O–H groups in total. The van der Waals surface area contributed by atoms with Crippen LogP contribution in [0.5, 0.6) is 5.75 Å². The van der Waals surface area contributed by atoms with Crippen molar-refractivity contribution in [3.8, 4) is 5.75 Å². The van der Waals surface area contributed by atoms with Crippen LogP contribution in [0.15, 0.2) is 24.3 Å². The van der Waals surface area contributed by atoms with Gasteiger partial charge in [-0.2, -0.15) is 0 Å². The Hall–Kier alpha value is -1.62. The molecule has 0 radical (unpaired) electrons. The maximum Gasteiger partial charge on any atom is 0.223 e. The van der Waals surface area contributed by atoms with Crippen LogP contribution in [0.2, 0.25) is 0 Å². The normalized spacial score (nSPS) is 22.3. The molecule has 1 aliphatic heterocycles. The number of benzene rings is 1. The Labute approximate surface area is 118 Å². The van der Waals surface area contributed by atoms with Gasteiger partial charge in [-0.3, -0.25) is 4.79 Å². The van der Waals surface area contributed by atoms with Crippen LogP contribution in [-0.2, 0) is 4.79 Å². The summed E-state index contributed by atoms with van der Waals surface area (Å²) in [6, 6.07) is 6.42. The van der Waals surface area contributed by atoms with Gasteiger partial charge in [0.2, 0.25) is 5.91 Å². The highest BCUT2D eigenvalue weighted by Gasteiger charge is 2.22. The van der Waals surface area contributed by atoms with Gasteiger partial charge in [0.25, 0.3) is 0 Å². The number of piperidine rings is 1. The molecule has 1 amide bonds. The fourth-order valence-corrected chi connectivity index (χ4v) is 2.32. The molecule has 0 spiro atoms. The lowest BCUT2D eigenvalue weighted by molar-refractivity contribution is -0.122. The van der Waals surface area contributed by atoms with Gasteiger partial charge in [0.1, 0.15) is 0 Å². The standard InChI is InChI=1S/C15H21FN2O2/c1-11-10-17-8-6-13(11)18-15(19)7-9-20-14-5-3-2-4-12(14)16/h2-5,11,13,17H,6-10H2,1H3,(H,18,19). The number of ether oxygens (including phenoxy) is 1. The van der Waals surface area contributed by atoms with Gasteiger partial charge < -0.3 is 15.4 Å². The van der Waals surface area contributed by atoms with Crippen molar-refractivity contribution >= 4 is 5.91 Å². The van der Waals surface area contributed by atoms with E-state index in [4.69, 9.17) is 4.74 Å². The van der Waals surface area contributed by atoms with Crippen molar-refractivity contribution in [1.29, 1.82) is 0 Å². The number of nitrogens with one attached hydrogen (secondary N) is 2. The molecule has 1 saturated heterocycles. The third-order valence-corrected chi connectivity index (χ3v) is 3.56. The largest absolute Gasteiger partial charge is 0.490 e. The molecule has 0 aromatic heterocycles. The molecule has 4 nitrogen and oxygen atoms in total. The van der Waals surface area contributed by atoms with Crippen molar-refractivity contribution in [2.75, 3.05) is 19.7 Å². The van der Waals surface area contributed by atoms with Gasteiger partial charge in [0.05, 0.1) is 13.0 Å². The van der Waals surface area contributed by atoms with E-state index in [9.17, 15) is 9.18 Å². The van der Waals surface area contributed by atoms with Crippen LogP contribution >= 0.6 is 0 Å². The Kier molecular flexibility index (Phi) is 5.35. The van der Waals surface area contributed by atoms with E-state index in [1.807, 2.05) is 0 Å². The van der Waals surface area contributed by atoms with Crippen molar-refractivity contribution in [2.24, 2.45) is 5.92 Å². The first-order valence-electron chi connectivity index (χ1n) is 7.04. The number of carbonyl (C=O) groups is 1. The van der Waals surface area contributed by atoms with E-state index < -0.39 is 5.82 Å². The number of para-hydroxylation sites is 1. The Morgan fingerprint density at radius 2 is 2.30 bits per heavy atom. The number of hydrogen-bond acceptors (Lipinski definition) is 3. The van der Waals surface area contributed by atoms with Crippen molar-refractivity contribution in [1.82, 2.24) is 10.6 Å². The van der Waals surface area contributed by atoms with E-state index in [1.165, 1.54) is 6.07 Å². The zero-order chi connectivity index (χ0) is 14.4. The fraction of sp³-hybridized carbons (Fsp3) is 0.533. The third-order valence-electron chi connectivity index (χ3n) is 3.56. The van der Waals surface area contributed by atoms with Gasteiger partial charge in [-0.05, 0) is 37.6 Å². The molecule has 1 aromatic carbocycles. The molecule has 2 atom stereocenters. The lowest BCUT2D eigenvalue weighted by atomic mass is 9.95. The lowest BCUT2D eigenvalue weighted by Crippen LogP contribution is -2.48.